The molecule has 1 aromatic heterocycles. The van der Waals surface area contributed by atoms with Gasteiger partial charge in [-0.2, -0.15) is 0 Å². The Labute approximate surface area is 130 Å². The molecule has 2 heterocycles. The van der Waals surface area contributed by atoms with Crippen LogP contribution in [0.15, 0.2) is 36.4 Å². The van der Waals surface area contributed by atoms with Crippen LogP contribution in [0.2, 0.25) is 0 Å². The molecule has 0 saturated heterocycles. The van der Waals surface area contributed by atoms with Crippen LogP contribution in [0.5, 0.6) is 11.5 Å². The van der Waals surface area contributed by atoms with E-state index in [1.54, 1.807) is 24.3 Å². The van der Waals surface area contributed by atoms with Crippen LogP contribution in [0.4, 0.5) is 11.6 Å². The molecule has 23 heavy (non-hydrogen) atoms. The van der Waals surface area contributed by atoms with Crippen molar-refractivity contribution >= 4 is 22.7 Å². The fourth-order valence-corrected chi connectivity index (χ4v) is 2.50. The molecule has 2 aromatic carbocycles. The lowest BCUT2D eigenvalue weighted by Crippen LogP contribution is -2.03. The second kappa shape index (κ2) is 5.16. The van der Waals surface area contributed by atoms with E-state index >= 15 is 0 Å². The number of nitrogens with zero attached hydrogens (tertiary/aromatic N) is 2. The average molecular weight is 312 g/mol. The Morgan fingerprint density at radius 2 is 2.04 bits per heavy atom. The average Bonchev–Trinajstić information content (AvgIpc) is 3.15. The van der Waals surface area contributed by atoms with Gasteiger partial charge in [-0.3, -0.25) is 10.1 Å². The Hall–Kier alpha value is -3.29. The van der Waals surface area contributed by atoms with Crippen molar-refractivity contribution in [3.05, 3.63) is 52.1 Å². The van der Waals surface area contributed by atoms with Crippen LogP contribution in [0.3, 0.4) is 0 Å². The number of aromatic nitrogens is 2. The van der Waals surface area contributed by atoms with Crippen LogP contribution >= 0.6 is 0 Å². The van der Waals surface area contributed by atoms with Crippen LogP contribution in [0, 0.1) is 10.1 Å². The minimum absolute atomic E-state index is 0.0805. The van der Waals surface area contributed by atoms with E-state index in [4.69, 9.17) is 9.47 Å². The summed E-state index contributed by atoms with van der Waals surface area (Å²) in [5.74, 6) is 1.86. The van der Waals surface area contributed by atoms with E-state index in [0.717, 1.165) is 11.0 Å². The number of ether oxygens (including phenoxy) is 2. The molecule has 8 heteroatoms. The number of nitro groups is 1. The number of anilines is 1. The first-order chi connectivity index (χ1) is 11.2. The minimum atomic E-state index is -0.394. The zero-order valence-corrected chi connectivity index (χ0v) is 11.9. The van der Waals surface area contributed by atoms with Gasteiger partial charge in [0.1, 0.15) is 0 Å². The van der Waals surface area contributed by atoms with Crippen LogP contribution in [-0.2, 0) is 6.54 Å². The summed E-state index contributed by atoms with van der Waals surface area (Å²) in [5.41, 5.74) is 2.21. The Balaban J connectivity index is 1.58. The standard InChI is InChI=1S/C15H12N4O4/c20-19(21)12-4-2-1-3-9(12)7-16-15-17-10-5-13-14(23-8-22-13)6-11(10)18-15/h1-6H,7-8H2,(H2,16,17,18). The summed E-state index contributed by atoms with van der Waals surface area (Å²) in [4.78, 5) is 18.1. The van der Waals surface area contributed by atoms with E-state index in [1.807, 2.05) is 6.07 Å². The number of nitrogens with one attached hydrogen (secondary N) is 2. The van der Waals surface area contributed by atoms with Gasteiger partial charge in [-0.15, -0.1) is 0 Å². The van der Waals surface area contributed by atoms with Crippen LogP contribution < -0.4 is 14.8 Å². The zero-order chi connectivity index (χ0) is 15.8. The van der Waals surface area contributed by atoms with Crippen molar-refractivity contribution in [1.82, 2.24) is 9.97 Å². The van der Waals surface area contributed by atoms with Crippen LogP contribution in [0.25, 0.3) is 11.0 Å². The SMILES string of the molecule is O=[N+]([O-])c1ccccc1CNc1nc2cc3c(cc2[nH]1)OCO3. The summed E-state index contributed by atoms with van der Waals surface area (Å²) in [6, 6.07) is 10.2. The maximum atomic E-state index is 11.0. The quantitative estimate of drug-likeness (QED) is 0.567. The van der Waals surface area contributed by atoms with Gasteiger partial charge in [-0.25, -0.2) is 4.98 Å². The molecule has 0 amide bonds. The number of fused-ring (bicyclic) bond motifs is 2. The molecule has 3 aromatic rings. The summed E-state index contributed by atoms with van der Waals surface area (Å²) in [6.45, 7) is 0.508. The van der Waals surface area contributed by atoms with Crippen molar-refractivity contribution in [2.75, 3.05) is 12.1 Å². The summed E-state index contributed by atoms with van der Waals surface area (Å²) in [6.07, 6.45) is 0. The van der Waals surface area contributed by atoms with E-state index in [-0.39, 0.29) is 12.5 Å². The minimum Gasteiger partial charge on any atom is -0.454 e. The van der Waals surface area contributed by atoms with Crippen molar-refractivity contribution in [3.8, 4) is 11.5 Å². The van der Waals surface area contributed by atoms with Crippen LogP contribution in [-0.4, -0.2) is 21.7 Å². The number of aromatic amines is 1. The van der Waals surface area contributed by atoms with Gasteiger partial charge < -0.3 is 19.8 Å². The Bertz CT molecular complexity index is 865. The Morgan fingerprint density at radius 1 is 1.26 bits per heavy atom. The zero-order valence-electron chi connectivity index (χ0n) is 11.9. The molecule has 2 N–H and O–H groups in total. The van der Waals surface area contributed by atoms with Crippen molar-refractivity contribution in [2.24, 2.45) is 0 Å². The summed E-state index contributed by atoms with van der Waals surface area (Å²) >= 11 is 0. The maximum Gasteiger partial charge on any atom is 0.274 e. The highest BCUT2D eigenvalue weighted by molar-refractivity contribution is 5.82. The first-order valence-electron chi connectivity index (χ1n) is 6.96. The molecule has 0 aliphatic carbocycles. The first kappa shape index (κ1) is 13.4. The number of hydrogen-bond donors (Lipinski definition) is 2. The predicted octanol–water partition coefficient (Wildman–Crippen LogP) is 2.81. The molecule has 4 rings (SSSR count). The highest BCUT2D eigenvalue weighted by atomic mass is 16.7. The molecule has 0 saturated carbocycles. The Morgan fingerprint density at radius 3 is 2.87 bits per heavy atom. The molecule has 1 aliphatic rings. The molecule has 116 valence electrons. The van der Waals surface area contributed by atoms with Crippen molar-refractivity contribution in [1.29, 1.82) is 0 Å². The number of H-pyrrole nitrogens is 1. The third kappa shape index (κ3) is 2.39. The molecular formula is C15H12N4O4. The van der Waals surface area contributed by atoms with E-state index in [0.29, 0.717) is 29.6 Å². The molecule has 0 fully saturated rings. The molecule has 0 atom stereocenters. The largest absolute Gasteiger partial charge is 0.454 e. The molecule has 8 nitrogen and oxygen atoms in total. The van der Waals surface area contributed by atoms with Gasteiger partial charge in [-0.05, 0) is 0 Å². The first-order valence-corrected chi connectivity index (χ1v) is 6.96. The van der Waals surface area contributed by atoms with Gasteiger partial charge in [0.25, 0.3) is 5.69 Å². The third-order valence-corrected chi connectivity index (χ3v) is 3.61. The van der Waals surface area contributed by atoms with Gasteiger partial charge in [0.05, 0.1) is 16.0 Å². The molecule has 0 spiro atoms. The van der Waals surface area contributed by atoms with Gasteiger partial charge in [-0.1, -0.05) is 18.2 Å². The summed E-state index contributed by atoms with van der Waals surface area (Å²) in [7, 11) is 0. The molecule has 0 unspecified atom stereocenters. The fourth-order valence-electron chi connectivity index (χ4n) is 2.50. The van der Waals surface area contributed by atoms with Gasteiger partial charge in [0.2, 0.25) is 12.7 Å². The monoisotopic (exact) mass is 312 g/mol. The van der Waals surface area contributed by atoms with Gasteiger partial charge in [0.15, 0.2) is 11.5 Å². The van der Waals surface area contributed by atoms with Crippen molar-refractivity contribution in [2.45, 2.75) is 6.54 Å². The molecular weight excluding hydrogens is 300 g/mol. The smallest absolute Gasteiger partial charge is 0.274 e. The summed E-state index contributed by atoms with van der Waals surface area (Å²) < 4.78 is 10.6. The van der Waals surface area contributed by atoms with Crippen molar-refractivity contribution < 1.29 is 14.4 Å². The topological polar surface area (TPSA) is 102 Å². The Kier molecular flexibility index (Phi) is 3.00. The number of benzene rings is 2. The highest BCUT2D eigenvalue weighted by Gasteiger charge is 2.17. The molecule has 1 aliphatic heterocycles. The predicted molar refractivity (Wildman–Crippen MR) is 82.6 cm³/mol. The number of imidazole rings is 1. The van der Waals surface area contributed by atoms with Crippen LogP contribution in [0.1, 0.15) is 5.56 Å². The normalized spacial score (nSPS) is 12.5. The number of nitro benzene ring substituents is 1. The van der Waals surface area contributed by atoms with E-state index in [9.17, 15) is 10.1 Å². The third-order valence-electron chi connectivity index (χ3n) is 3.61. The number of para-hydroxylation sites is 1. The molecule has 0 bridgehead atoms. The number of hydrogen-bond acceptors (Lipinski definition) is 6. The van der Waals surface area contributed by atoms with Gasteiger partial charge >= 0.3 is 0 Å². The lowest BCUT2D eigenvalue weighted by molar-refractivity contribution is -0.385. The molecule has 0 radical (unpaired) electrons. The maximum absolute atomic E-state index is 11.0. The second-order valence-electron chi connectivity index (χ2n) is 5.05. The summed E-state index contributed by atoms with van der Waals surface area (Å²) in [5, 5.41) is 14.1. The number of rotatable bonds is 4. The second-order valence-corrected chi connectivity index (χ2v) is 5.05. The lowest BCUT2D eigenvalue weighted by Gasteiger charge is -2.03. The van der Waals surface area contributed by atoms with E-state index in [2.05, 4.69) is 15.3 Å². The van der Waals surface area contributed by atoms with Crippen molar-refractivity contribution in [3.63, 3.8) is 0 Å². The highest BCUT2D eigenvalue weighted by Crippen LogP contribution is 2.35. The lowest BCUT2D eigenvalue weighted by atomic mass is 10.2. The fraction of sp³-hybridized carbons (Fsp3) is 0.133. The van der Waals surface area contributed by atoms with Gasteiger partial charge in [0, 0.05) is 30.3 Å². The van der Waals surface area contributed by atoms with E-state index in [1.165, 1.54) is 6.07 Å². The van der Waals surface area contributed by atoms with E-state index < -0.39 is 4.92 Å².